The van der Waals surface area contributed by atoms with Crippen molar-refractivity contribution >= 4 is 23.3 Å². The van der Waals surface area contributed by atoms with Crippen LogP contribution in [0.4, 0.5) is 5.69 Å². The Labute approximate surface area is 146 Å². The molecule has 0 aliphatic rings. The minimum Gasteiger partial charge on any atom is -0.451 e. The molecule has 0 spiro atoms. The number of aromatic amines is 1. The summed E-state index contributed by atoms with van der Waals surface area (Å²) < 4.78 is 4.94. The highest BCUT2D eigenvalue weighted by Gasteiger charge is 2.14. The molecule has 1 aromatic heterocycles. The number of esters is 1. The summed E-state index contributed by atoms with van der Waals surface area (Å²) in [5.41, 5.74) is 2.38. The van der Waals surface area contributed by atoms with Crippen molar-refractivity contribution in [2.75, 3.05) is 11.9 Å². The molecule has 1 amide bonds. The van der Waals surface area contributed by atoms with E-state index >= 15 is 0 Å². The van der Waals surface area contributed by atoms with Gasteiger partial charge in [-0.15, -0.1) is 0 Å². The second kappa shape index (κ2) is 8.28. The van der Waals surface area contributed by atoms with E-state index in [9.17, 15) is 14.4 Å². The number of nitrogens with one attached hydrogen (secondary N) is 2. The molecule has 25 heavy (non-hydrogen) atoms. The predicted octanol–water partition coefficient (Wildman–Crippen LogP) is 3.53. The van der Waals surface area contributed by atoms with Crippen LogP contribution in [0.2, 0.25) is 0 Å². The van der Waals surface area contributed by atoms with Gasteiger partial charge >= 0.3 is 5.97 Å². The van der Waals surface area contributed by atoms with Crippen molar-refractivity contribution in [1.29, 1.82) is 0 Å². The van der Waals surface area contributed by atoms with Crippen molar-refractivity contribution in [1.82, 2.24) is 4.98 Å². The highest BCUT2D eigenvalue weighted by molar-refractivity contribution is 5.98. The van der Waals surface area contributed by atoms with Crippen LogP contribution in [-0.4, -0.2) is 29.3 Å². The Bertz CT molecular complexity index is 762. The molecule has 1 atom stereocenters. The second-order valence-electron chi connectivity index (χ2n) is 5.91. The molecule has 2 rings (SSSR count). The predicted molar refractivity (Wildman–Crippen MR) is 94.9 cm³/mol. The number of benzene rings is 1. The number of Topliss-reactive ketones (excluding diaryl/α,β-unsaturated/α-hetero) is 1. The third-order valence-corrected chi connectivity index (χ3v) is 4.02. The maximum absolute atomic E-state index is 11.9. The van der Waals surface area contributed by atoms with Crippen molar-refractivity contribution in [2.45, 2.75) is 33.1 Å². The standard InChI is InChI=1S/C19H22N2O4/c1-4-12(2)14-5-7-16(8-6-14)21-18(23)11-25-19(24)17-9-15(10-20-17)13(3)22/h5-10,12,20H,4,11H2,1-3H3,(H,21,23)/t12-/m1/s1. The molecule has 6 nitrogen and oxygen atoms in total. The number of H-pyrrole nitrogens is 1. The molecular formula is C19H22N2O4. The Balaban J connectivity index is 1.85. The third-order valence-electron chi connectivity index (χ3n) is 4.02. The van der Waals surface area contributed by atoms with E-state index in [-0.39, 0.29) is 11.5 Å². The molecule has 1 heterocycles. The fourth-order valence-electron chi connectivity index (χ4n) is 2.25. The second-order valence-corrected chi connectivity index (χ2v) is 5.91. The number of anilines is 1. The van der Waals surface area contributed by atoms with Crippen LogP contribution in [-0.2, 0) is 9.53 Å². The zero-order chi connectivity index (χ0) is 18.4. The minimum absolute atomic E-state index is 0.135. The summed E-state index contributed by atoms with van der Waals surface area (Å²) in [6.07, 6.45) is 2.48. The monoisotopic (exact) mass is 342 g/mol. The quantitative estimate of drug-likeness (QED) is 0.595. The van der Waals surface area contributed by atoms with Gasteiger partial charge < -0.3 is 15.0 Å². The number of ketones is 1. The first-order valence-corrected chi connectivity index (χ1v) is 8.17. The van der Waals surface area contributed by atoms with E-state index in [0.717, 1.165) is 6.42 Å². The number of carbonyl (C=O) groups excluding carboxylic acids is 3. The number of aromatic nitrogens is 1. The lowest BCUT2D eigenvalue weighted by Crippen LogP contribution is -2.21. The number of amides is 1. The molecule has 0 saturated carbocycles. The highest BCUT2D eigenvalue weighted by Crippen LogP contribution is 2.20. The van der Waals surface area contributed by atoms with E-state index in [4.69, 9.17) is 4.74 Å². The SMILES string of the molecule is CC[C@@H](C)c1ccc(NC(=O)COC(=O)c2cc(C(C)=O)c[nH]2)cc1. The van der Waals surface area contributed by atoms with Crippen molar-refractivity contribution in [2.24, 2.45) is 0 Å². The molecule has 6 heteroatoms. The van der Waals surface area contributed by atoms with Gasteiger partial charge in [0.15, 0.2) is 12.4 Å². The molecule has 2 aromatic rings. The van der Waals surface area contributed by atoms with Gasteiger partial charge in [-0.25, -0.2) is 4.79 Å². The number of ether oxygens (including phenoxy) is 1. The van der Waals surface area contributed by atoms with Crippen LogP contribution < -0.4 is 5.32 Å². The molecule has 1 aromatic carbocycles. The maximum Gasteiger partial charge on any atom is 0.355 e. The van der Waals surface area contributed by atoms with E-state index < -0.39 is 18.5 Å². The molecule has 0 unspecified atom stereocenters. The number of hydrogen-bond acceptors (Lipinski definition) is 4. The van der Waals surface area contributed by atoms with Crippen LogP contribution in [0.15, 0.2) is 36.5 Å². The molecule has 0 fully saturated rings. The van der Waals surface area contributed by atoms with Gasteiger partial charge in [0, 0.05) is 17.4 Å². The Hall–Kier alpha value is -2.89. The maximum atomic E-state index is 11.9. The largest absolute Gasteiger partial charge is 0.451 e. The van der Waals surface area contributed by atoms with E-state index in [0.29, 0.717) is 17.2 Å². The molecule has 0 saturated heterocycles. The Morgan fingerprint density at radius 1 is 1.20 bits per heavy atom. The lowest BCUT2D eigenvalue weighted by molar-refractivity contribution is -0.119. The van der Waals surface area contributed by atoms with Gasteiger partial charge in [-0.3, -0.25) is 9.59 Å². The van der Waals surface area contributed by atoms with Crippen LogP contribution in [0.1, 0.15) is 59.5 Å². The van der Waals surface area contributed by atoms with Crippen molar-refractivity contribution in [3.05, 3.63) is 53.3 Å². The minimum atomic E-state index is -0.685. The van der Waals surface area contributed by atoms with Crippen molar-refractivity contribution < 1.29 is 19.1 Å². The Morgan fingerprint density at radius 3 is 2.44 bits per heavy atom. The molecule has 0 radical (unpaired) electrons. The van der Waals surface area contributed by atoms with E-state index in [1.54, 1.807) is 0 Å². The summed E-state index contributed by atoms with van der Waals surface area (Å²) in [5.74, 6) is -0.807. The third kappa shape index (κ3) is 5.04. The molecule has 132 valence electrons. The van der Waals surface area contributed by atoms with Crippen LogP contribution in [0.3, 0.4) is 0 Å². The number of carbonyl (C=O) groups is 3. The zero-order valence-corrected chi connectivity index (χ0v) is 14.6. The first-order chi connectivity index (χ1) is 11.9. The van der Waals surface area contributed by atoms with Crippen LogP contribution in [0, 0.1) is 0 Å². The normalized spacial score (nSPS) is 11.6. The summed E-state index contributed by atoms with van der Waals surface area (Å²) in [4.78, 5) is 37.6. The summed E-state index contributed by atoms with van der Waals surface area (Å²) in [6, 6.07) is 8.99. The summed E-state index contributed by atoms with van der Waals surface area (Å²) in [7, 11) is 0. The summed E-state index contributed by atoms with van der Waals surface area (Å²) in [5, 5.41) is 2.68. The van der Waals surface area contributed by atoms with Gasteiger partial charge in [0.25, 0.3) is 5.91 Å². The Morgan fingerprint density at radius 2 is 1.88 bits per heavy atom. The molecule has 0 aliphatic heterocycles. The highest BCUT2D eigenvalue weighted by atomic mass is 16.5. The summed E-state index contributed by atoms with van der Waals surface area (Å²) in [6.45, 7) is 5.27. The van der Waals surface area contributed by atoms with Gasteiger partial charge in [-0.2, -0.15) is 0 Å². The fourth-order valence-corrected chi connectivity index (χ4v) is 2.25. The average Bonchev–Trinajstić information content (AvgIpc) is 3.10. The van der Waals surface area contributed by atoms with E-state index in [1.807, 2.05) is 24.3 Å². The average molecular weight is 342 g/mol. The molecule has 2 N–H and O–H groups in total. The number of hydrogen-bond donors (Lipinski definition) is 2. The Kier molecular flexibility index (Phi) is 6.11. The first kappa shape index (κ1) is 18.4. The van der Waals surface area contributed by atoms with Crippen LogP contribution >= 0.6 is 0 Å². The zero-order valence-electron chi connectivity index (χ0n) is 14.6. The van der Waals surface area contributed by atoms with E-state index in [1.165, 1.54) is 24.8 Å². The molecular weight excluding hydrogens is 320 g/mol. The van der Waals surface area contributed by atoms with Gasteiger partial charge in [0.1, 0.15) is 5.69 Å². The topological polar surface area (TPSA) is 88.3 Å². The molecule has 0 aliphatic carbocycles. The van der Waals surface area contributed by atoms with Gasteiger partial charge in [-0.05, 0) is 43.0 Å². The summed E-state index contributed by atoms with van der Waals surface area (Å²) >= 11 is 0. The van der Waals surface area contributed by atoms with Crippen LogP contribution in [0.25, 0.3) is 0 Å². The fraction of sp³-hybridized carbons (Fsp3) is 0.316. The smallest absolute Gasteiger partial charge is 0.355 e. The van der Waals surface area contributed by atoms with Gasteiger partial charge in [0.2, 0.25) is 0 Å². The van der Waals surface area contributed by atoms with E-state index in [2.05, 4.69) is 24.1 Å². The van der Waals surface area contributed by atoms with Gasteiger partial charge in [0.05, 0.1) is 0 Å². The van der Waals surface area contributed by atoms with Crippen molar-refractivity contribution in [3.63, 3.8) is 0 Å². The number of rotatable bonds is 7. The van der Waals surface area contributed by atoms with Crippen molar-refractivity contribution in [3.8, 4) is 0 Å². The molecule has 0 bridgehead atoms. The van der Waals surface area contributed by atoms with Gasteiger partial charge in [-0.1, -0.05) is 26.0 Å². The first-order valence-electron chi connectivity index (χ1n) is 8.17. The lowest BCUT2D eigenvalue weighted by atomic mass is 9.99. The lowest BCUT2D eigenvalue weighted by Gasteiger charge is -2.10. The van der Waals surface area contributed by atoms with Crippen LogP contribution in [0.5, 0.6) is 0 Å².